The van der Waals surface area contributed by atoms with Gasteiger partial charge >= 0.3 is 0 Å². The molecular formula is C11H18N2OS. The third kappa shape index (κ3) is 3.01. The summed E-state index contributed by atoms with van der Waals surface area (Å²) in [4.78, 5) is 3.90. The van der Waals surface area contributed by atoms with Crippen LogP contribution in [0.15, 0.2) is 17.5 Å². The predicted octanol–water partition coefficient (Wildman–Crippen LogP) is 0.950. The Morgan fingerprint density at radius 1 is 1.60 bits per heavy atom. The van der Waals surface area contributed by atoms with Gasteiger partial charge in [-0.15, -0.1) is 11.3 Å². The van der Waals surface area contributed by atoms with Crippen LogP contribution in [0.2, 0.25) is 0 Å². The number of thiophene rings is 1. The fourth-order valence-corrected chi connectivity index (χ4v) is 2.61. The number of hydrogen-bond donors (Lipinski definition) is 1. The number of nitrogens with two attached hydrogens (primary N) is 1. The van der Waals surface area contributed by atoms with E-state index in [0.29, 0.717) is 12.6 Å². The molecule has 1 fully saturated rings. The van der Waals surface area contributed by atoms with E-state index in [4.69, 9.17) is 10.5 Å². The Balaban J connectivity index is 1.81. The summed E-state index contributed by atoms with van der Waals surface area (Å²) in [5, 5.41) is 2.13. The van der Waals surface area contributed by atoms with E-state index in [-0.39, 0.29) is 0 Å². The molecule has 0 bridgehead atoms. The molecule has 4 heteroatoms. The number of nitrogens with zero attached hydrogens (tertiary/aromatic N) is 1. The maximum atomic E-state index is 5.72. The van der Waals surface area contributed by atoms with Gasteiger partial charge in [0.15, 0.2) is 0 Å². The van der Waals surface area contributed by atoms with E-state index >= 15 is 0 Å². The normalized spacial score (nSPS) is 23.1. The number of hydrogen-bond acceptors (Lipinski definition) is 4. The summed E-state index contributed by atoms with van der Waals surface area (Å²) in [6.07, 6.45) is 1.13. The molecule has 2 heterocycles. The number of ether oxygens (including phenoxy) is 1. The van der Waals surface area contributed by atoms with Gasteiger partial charge in [0.2, 0.25) is 0 Å². The third-order valence-corrected chi connectivity index (χ3v) is 3.78. The molecule has 15 heavy (non-hydrogen) atoms. The Kier molecular flexibility index (Phi) is 4.14. The zero-order chi connectivity index (χ0) is 10.5. The second-order valence-corrected chi connectivity index (χ2v) is 4.86. The summed E-state index contributed by atoms with van der Waals surface area (Å²) < 4.78 is 5.42. The molecule has 0 saturated carbocycles. The molecule has 0 radical (unpaired) electrons. The average Bonchev–Trinajstić information content (AvgIpc) is 2.79. The first kappa shape index (κ1) is 11.1. The Morgan fingerprint density at radius 2 is 2.53 bits per heavy atom. The molecule has 0 amide bonds. The lowest BCUT2D eigenvalue weighted by atomic mass is 10.2. The maximum Gasteiger partial charge on any atom is 0.0634 e. The Hall–Kier alpha value is -0.420. The van der Waals surface area contributed by atoms with Crippen LogP contribution in [0.3, 0.4) is 0 Å². The van der Waals surface area contributed by atoms with Crippen LogP contribution in [0, 0.1) is 0 Å². The Morgan fingerprint density at radius 3 is 3.27 bits per heavy atom. The van der Waals surface area contributed by atoms with Gasteiger partial charge in [0, 0.05) is 30.6 Å². The van der Waals surface area contributed by atoms with Gasteiger partial charge in [-0.3, -0.25) is 4.90 Å². The van der Waals surface area contributed by atoms with E-state index in [9.17, 15) is 0 Å². The average molecular weight is 226 g/mol. The first-order chi connectivity index (χ1) is 7.40. The first-order valence-electron chi connectivity index (χ1n) is 5.44. The van der Waals surface area contributed by atoms with Crippen LogP contribution in [-0.2, 0) is 11.2 Å². The molecule has 1 aromatic rings. The van der Waals surface area contributed by atoms with Crippen molar-refractivity contribution in [2.75, 3.05) is 32.8 Å². The summed E-state index contributed by atoms with van der Waals surface area (Å²) in [5.41, 5.74) is 5.72. The van der Waals surface area contributed by atoms with Crippen LogP contribution in [0.4, 0.5) is 0 Å². The van der Waals surface area contributed by atoms with Crippen molar-refractivity contribution in [1.82, 2.24) is 4.90 Å². The smallest absolute Gasteiger partial charge is 0.0634 e. The van der Waals surface area contributed by atoms with E-state index in [2.05, 4.69) is 22.4 Å². The van der Waals surface area contributed by atoms with Crippen molar-refractivity contribution in [3.8, 4) is 0 Å². The zero-order valence-electron chi connectivity index (χ0n) is 8.89. The molecule has 1 atom stereocenters. The quantitative estimate of drug-likeness (QED) is 0.831. The molecule has 0 aliphatic carbocycles. The molecule has 0 spiro atoms. The molecule has 2 N–H and O–H groups in total. The maximum absolute atomic E-state index is 5.72. The van der Waals surface area contributed by atoms with E-state index in [1.165, 1.54) is 4.88 Å². The van der Waals surface area contributed by atoms with Crippen molar-refractivity contribution in [1.29, 1.82) is 0 Å². The van der Waals surface area contributed by atoms with Gasteiger partial charge in [-0.2, -0.15) is 0 Å². The third-order valence-electron chi connectivity index (χ3n) is 2.85. The molecule has 1 aromatic heterocycles. The van der Waals surface area contributed by atoms with Crippen molar-refractivity contribution in [3.05, 3.63) is 22.4 Å². The SMILES string of the molecule is NCC1COCCN1CCc1cccs1. The summed E-state index contributed by atoms with van der Waals surface area (Å²) in [5.74, 6) is 0. The number of morpholine rings is 1. The summed E-state index contributed by atoms with van der Waals surface area (Å²) >= 11 is 1.83. The molecule has 2 rings (SSSR count). The van der Waals surface area contributed by atoms with Crippen LogP contribution in [-0.4, -0.2) is 43.8 Å². The first-order valence-corrected chi connectivity index (χ1v) is 6.32. The lowest BCUT2D eigenvalue weighted by Gasteiger charge is -2.34. The van der Waals surface area contributed by atoms with Gasteiger partial charge in [-0.1, -0.05) is 6.07 Å². The van der Waals surface area contributed by atoms with Crippen molar-refractivity contribution < 1.29 is 4.74 Å². The van der Waals surface area contributed by atoms with Crippen molar-refractivity contribution in [2.45, 2.75) is 12.5 Å². The standard InChI is InChI=1S/C11H18N2OS/c12-8-10-9-14-6-5-13(10)4-3-11-2-1-7-15-11/h1-2,7,10H,3-6,8-9,12H2. The van der Waals surface area contributed by atoms with Gasteiger partial charge in [0.1, 0.15) is 0 Å². The minimum atomic E-state index is 0.415. The minimum absolute atomic E-state index is 0.415. The highest BCUT2D eigenvalue weighted by molar-refractivity contribution is 7.09. The van der Waals surface area contributed by atoms with Crippen LogP contribution in [0.5, 0.6) is 0 Å². The second-order valence-electron chi connectivity index (χ2n) is 3.83. The highest BCUT2D eigenvalue weighted by atomic mass is 32.1. The van der Waals surface area contributed by atoms with Gasteiger partial charge in [0.25, 0.3) is 0 Å². The second kappa shape index (κ2) is 5.61. The van der Waals surface area contributed by atoms with Gasteiger partial charge < -0.3 is 10.5 Å². The fourth-order valence-electron chi connectivity index (χ4n) is 1.91. The molecule has 1 unspecified atom stereocenters. The highest BCUT2D eigenvalue weighted by Gasteiger charge is 2.20. The van der Waals surface area contributed by atoms with Crippen molar-refractivity contribution in [2.24, 2.45) is 5.73 Å². The van der Waals surface area contributed by atoms with E-state index in [0.717, 1.165) is 32.7 Å². The Bertz CT molecular complexity index is 276. The van der Waals surface area contributed by atoms with Gasteiger partial charge in [-0.05, 0) is 17.9 Å². The zero-order valence-corrected chi connectivity index (χ0v) is 9.71. The van der Waals surface area contributed by atoms with Crippen molar-refractivity contribution >= 4 is 11.3 Å². The monoisotopic (exact) mass is 226 g/mol. The van der Waals surface area contributed by atoms with E-state index in [1.54, 1.807) is 0 Å². The van der Waals surface area contributed by atoms with Crippen LogP contribution >= 0.6 is 11.3 Å². The number of rotatable bonds is 4. The van der Waals surface area contributed by atoms with Gasteiger partial charge in [0.05, 0.1) is 13.2 Å². The fraction of sp³-hybridized carbons (Fsp3) is 0.636. The van der Waals surface area contributed by atoms with Crippen molar-refractivity contribution in [3.63, 3.8) is 0 Å². The Labute approximate surface area is 94.8 Å². The van der Waals surface area contributed by atoms with Crippen LogP contribution in [0.25, 0.3) is 0 Å². The minimum Gasteiger partial charge on any atom is -0.378 e. The van der Waals surface area contributed by atoms with Crippen LogP contribution < -0.4 is 5.73 Å². The lowest BCUT2D eigenvalue weighted by molar-refractivity contribution is -0.00311. The molecule has 3 nitrogen and oxygen atoms in total. The summed E-state index contributed by atoms with van der Waals surface area (Å²) in [6, 6.07) is 4.72. The molecule has 84 valence electrons. The lowest BCUT2D eigenvalue weighted by Crippen LogP contribution is -2.49. The van der Waals surface area contributed by atoms with E-state index < -0.39 is 0 Å². The molecule has 1 aliphatic rings. The molecule has 1 aliphatic heterocycles. The van der Waals surface area contributed by atoms with E-state index in [1.807, 2.05) is 11.3 Å². The highest BCUT2D eigenvalue weighted by Crippen LogP contribution is 2.12. The van der Waals surface area contributed by atoms with Crippen LogP contribution in [0.1, 0.15) is 4.88 Å². The van der Waals surface area contributed by atoms with Gasteiger partial charge in [-0.25, -0.2) is 0 Å². The summed E-state index contributed by atoms with van der Waals surface area (Å²) in [6.45, 7) is 4.46. The molecule has 0 aromatic carbocycles. The topological polar surface area (TPSA) is 38.5 Å². The molecular weight excluding hydrogens is 208 g/mol. The molecule has 1 saturated heterocycles. The summed E-state index contributed by atoms with van der Waals surface area (Å²) in [7, 11) is 0. The predicted molar refractivity (Wildman–Crippen MR) is 63.3 cm³/mol. The largest absolute Gasteiger partial charge is 0.378 e.